The molecule has 57 heavy (non-hydrogen) atoms. The molecule has 0 bridgehead atoms. The minimum Gasteiger partial charge on any atom is -0.462 e. The average molecular weight is 783 g/mol. The summed E-state index contributed by atoms with van der Waals surface area (Å²) in [6, 6.07) is 15.4. The molecule has 0 aliphatic heterocycles. The van der Waals surface area contributed by atoms with Crippen LogP contribution in [0.25, 0.3) is 10.4 Å². The third kappa shape index (κ3) is 18.1. The first-order valence-electron chi connectivity index (χ1n) is 21.1. The largest absolute Gasteiger partial charge is 0.462 e. The minimum atomic E-state index is -0.745. The number of ether oxygens (including phenoxy) is 2. The Balaban J connectivity index is 1.55. The fourth-order valence-corrected chi connectivity index (χ4v) is 6.44. The third-order valence-corrected chi connectivity index (χ3v) is 9.69. The number of anilines is 2. The molecule has 0 unspecified atom stereocenters. The lowest BCUT2D eigenvalue weighted by atomic mass is 10.1. The number of amides is 2. The van der Waals surface area contributed by atoms with Gasteiger partial charge in [-0.1, -0.05) is 159 Å². The Hall–Kier alpha value is -5.22. The second kappa shape index (κ2) is 28.2. The molecule has 0 spiro atoms. The van der Waals surface area contributed by atoms with Crippen molar-refractivity contribution in [3.05, 3.63) is 93.6 Å². The van der Waals surface area contributed by atoms with Crippen LogP contribution in [0.15, 0.2) is 65.8 Å². The van der Waals surface area contributed by atoms with Crippen LogP contribution in [0, 0.1) is 0 Å². The molecule has 308 valence electrons. The first-order chi connectivity index (χ1) is 27.9. The van der Waals surface area contributed by atoms with Gasteiger partial charge in [-0.3, -0.25) is 9.59 Å². The maximum absolute atomic E-state index is 13.5. The van der Waals surface area contributed by atoms with Crippen molar-refractivity contribution in [3.8, 4) is 0 Å². The molecular weight excluding hydrogens is 721 g/mol. The highest BCUT2D eigenvalue weighted by Gasteiger charge is 2.20. The summed E-state index contributed by atoms with van der Waals surface area (Å²) in [4.78, 5) is 60.0. The SMILES string of the molecule is CCCCCCCCCCCCOC(=O)c1ccccc1NC(=O)c1cc(N=[N+]=[N-])cc(C(=O)Nc2ccccc2C(=O)OCCCCCCCCCCCC)n1. The first kappa shape index (κ1) is 46.2. The van der Waals surface area contributed by atoms with Gasteiger partial charge < -0.3 is 20.1 Å². The molecule has 3 rings (SSSR count). The number of benzene rings is 2. The van der Waals surface area contributed by atoms with E-state index in [0.29, 0.717) is 0 Å². The van der Waals surface area contributed by atoms with Crippen LogP contribution >= 0.6 is 0 Å². The molecule has 3 aromatic rings. The zero-order valence-corrected chi connectivity index (χ0v) is 34.1. The number of aromatic nitrogens is 1. The number of carbonyl (C=O) groups is 4. The number of para-hydroxylation sites is 2. The number of hydrogen-bond donors (Lipinski definition) is 2. The van der Waals surface area contributed by atoms with Crippen molar-refractivity contribution in [3.63, 3.8) is 0 Å². The van der Waals surface area contributed by atoms with E-state index in [2.05, 4.69) is 39.5 Å². The van der Waals surface area contributed by atoms with Crippen molar-refractivity contribution >= 4 is 40.8 Å². The highest BCUT2D eigenvalue weighted by molar-refractivity contribution is 6.10. The van der Waals surface area contributed by atoms with Crippen molar-refractivity contribution in [2.24, 2.45) is 5.11 Å². The van der Waals surface area contributed by atoms with E-state index >= 15 is 0 Å². The second-order valence-electron chi connectivity index (χ2n) is 14.4. The lowest BCUT2D eigenvalue weighted by molar-refractivity contribution is 0.0489. The summed E-state index contributed by atoms with van der Waals surface area (Å²) in [6.07, 6.45) is 23.3. The van der Waals surface area contributed by atoms with E-state index in [1.165, 1.54) is 102 Å². The molecule has 1 aromatic heterocycles. The number of carbonyl (C=O) groups excluding carboxylic acids is 4. The summed E-state index contributed by atoms with van der Waals surface area (Å²) < 4.78 is 11.0. The highest BCUT2D eigenvalue weighted by atomic mass is 16.5. The maximum atomic E-state index is 13.5. The predicted octanol–water partition coefficient (Wildman–Crippen LogP) is 12.7. The Labute approximate surface area is 338 Å². The number of nitrogens with one attached hydrogen (secondary N) is 2. The molecule has 0 radical (unpaired) electrons. The summed E-state index contributed by atoms with van der Waals surface area (Å²) >= 11 is 0. The molecule has 0 atom stereocenters. The van der Waals surface area contributed by atoms with Crippen molar-refractivity contribution < 1.29 is 28.7 Å². The fourth-order valence-electron chi connectivity index (χ4n) is 6.44. The Morgan fingerprint density at radius 1 is 0.561 bits per heavy atom. The second-order valence-corrected chi connectivity index (χ2v) is 14.4. The summed E-state index contributed by atoms with van der Waals surface area (Å²) in [5.74, 6) is -2.63. The number of hydrogen-bond acceptors (Lipinski definition) is 8. The van der Waals surface area contributed by atoms with Gasteiger partial charge in [-0.05, 0) is 54.8 Å². The predicted molar refractivity (Wildman–Crippen MR) is 226 cm³/mol. The van der Waals surface area contributed by atoms with Crippen molar-refractivity contribution in [1.29, 1.82) is 0 Å². The van der Waals surface area contributed by atoms with E-state index in [9.17, 15) is 19.2 Å². The Morgan fingerprint density at radius 2 is 0.912 bits per heavy atom. The van der Waals surface area contributed by atoms with E-state index in [0.717, 1.165) is 38.5 Å². The van der Waals surface area contributed by atoms with Gasteiger partial charge in [0, 0.05) is 10.6 Å². The quantitative estimate of drug-likeness (QED) is 0.0232. The number of nitrogens with zero attached hydrogens (tertiary/aromatic N) is 4. The van der Waals surface area contributed by atoms with Gasteiger partial charge >= 0.3 is 11.9 Å². The number of rotatable bonds is 29. The highest BCUT2D eigenvalue weighted by Crippen LogP contribution is 2.23. The maximum Gasteiger partial charge on any atom is 0.340 e. The van der Waals surface area contributed by atoms with Gasteiger partial charge in [0.2, 0.25) is 0 Å². The molecule has 0 saturated heterocycles. The minimum absolute atomic E-state index is 0.0313. The van der Waals surface area contributed by atoms with Crippen LogP contribution in [-0.2, 0) is 9.47 Å². The van der Waals surface area contributed by atoms with Gasteiger partial charge in [0.25, 0.3) is 11.8 Å². The molecule has 2 amide bonds. The normalized spacial score (nSPS) is 10.7. The molecule has 0 aliphatic rings. The first-order valence-corrected chi connectivity index (χ1v) is 21.1. The summed E-state index contributed by atoms with van der Waals surface area (Å²) in [5, 5.41) is 8.95. The zero-order chi connectivity index (χ0) is 40.9. The lowest BCUT2D eigenvalue weighted by Crippen LogP contribution is -2.21. The molecule has 0 saturated carbocycles. The topological polar surface area (TPSA) is 172 Å². The molecule has 0 aliphatic carbocycles. The fraction of sp³-hybridized carbons (Fsp3) is 0.533. The summed E-state index contributed by atoms with van der Waals surface area (Å²) in [6.45, 7) is 4.98. The van der Waals surface area contributed by atoms with Gasteiger partial charge in [-0.25, -0.2) is 14.6 Å². The van der Waals surface area contributed by atoms with E-state index in [1.807, 2.05) is 0 Å². The van der Waals surface area contributed by atoms with Crippen molar-refractivity contribution in [2.45, 2.75) is 142 Å². The van der Waals surface area contributed by atoms with Crippen molar-refractivity contribution in [1.82, 2.24) is 4.98 Å². The Kier molecular flexibility index (Phi) is 22.9. The number of azide groups is 1. The van der Waals surface area contributed by atoms with Gasteiger partial charge in [0.1, 0.15) is 11.4 Å². The molecule has 0 fully saturated rings. The van der Waals surface area contributed by atoms with Crippen LogP contribution in [0.1, 0.15) is 184 Å². The smallest absolute Gasteiger partial charge is 0.340 e. The van der Waals surface area contributed by atoms with Crippen LogP contribution in [-0.4, -0.2) is 42.0 Å². The van der Waals surface area contributed by atoms with E-state index < -0.39 is 23.8 Å². The summed E-state index contributed by atoms with van der Waals surface area (Å²) in [5.41, 5.74) is 9.36. The van der Waals surface area contributed by atoms with Crippen molar-refractivity contribution in [2.75, 3.05) is 23.8 Å². The van der Waals surface area contributed by atoms with E-state index in [4.69, 9.17) is 15.0 Å². The molecule has 12 heteroatoms. The van der Waals surface area contributed by atoms with Gasteiger partial charge in [0.05, 0.1) is 35.7 Å². The van der Waals surface area contributed by atoms with Crippen LogP contribution in [0.4, 0.5) is 17.1 Å². The number of unbranched alkanes of at least 4 members (excludes halogenated alkanes) is 18. The monoisotopic (exact) mass is 782 g/mol. The zero-order valence-electron chi connectivity index (χ0n) is 34.1. The van der Waals surface area contributed by atoms with Gasteiger partial charge in [-0.15, -0.1) is 0 Å². The summed E-state index contributed by atoms with van der Waals surface area (Å²) in [7, 11) is 0. The molecule has 2 aromatic carbocycles. The lowest BCUT2D eigenvalue weighted by Gasteiger charge is -2.13. The number of esters is 2. The van der Waals surface area contributed by atoms with E-state index in [-0.39, 0.29) is 52.8 Å². The standard InChI is InChI=1S/C45H62N6O6/c1-3-5-7-9-11-13-15-17-19-25-31-56-44(54)36-27-21-23-29-38(36)48-42(52)40-33-35(50-51-46)34-41(47-40)43(53)49-39-30-24-22-28-37(39)45(55)57-32-26-20-18-16-14-12-10-8-6-4-2/h21-24,27-30,33-34H,3-20,25-26,31-32H2,1-2H3,(H,48,52)(H,49,53). The molecule has 1 heterocycles. The Morgan fingerprint density at radius 3 is 1.28 bits per heavy atom. The van der Waals surface area contributed by atoms with Crippen LogP contribution in [0.5, 0.6) is 0 Å². The third-order valence-electron chi connectivity index (χ3n) is 9.69. The van der Waals surface area contributed by atoms with E-state index in [1.54, 1.807) is 48.5 Å². The molecule has 2 N–H and O–H groups in total. The average Bonchev–Trinajstić information content (AvgIpc) is 3.22. The van der Waals surface area contributed by atoms with Gasteiger partial charge in [-0.2, -0.15) is 0 Å². The number of pyridine rings is 1. The van der Waals surface area contributed by atoms with Crippen LogP contribution < -0.4 is 10.6 Å². The molecular formula is C45H62N6O6. The Bertz CT molecular complexity index is 1630. The molecule has 12 nitrogen and oxygen atoms in total. The van der Waals surface area contributed by atoms with Gasteiger partial charge in [0.15, 0.2) is 0 Å². The van der Waals surface area contributed by atoms with Crippen LogP contribution in [0.2, 0.25) is 0 Å². The van der Waals surface area contributed by atoms with Crippen LogP contribution in [0.3, 0.4) is 0 Å².